The first kappa shape index (κ1) is 27.7. The topological polar surface area (TPSA) is 102 Å². The van der Waals surface area contributed by atoms with Gasteiger partial charge in [-0.15, -0.1) is 0 Å². The highest BCUT2D eigenvalue weighted by Gasteiger charge is 2.20. The Balaban J connectivity index is 1.32. The maximum Gasteiger partial charge on any atom is 0.259 e. The second-order valence-corrected chi connectivity index (χ2v) is 9.52. The predicted molar refractivity (Wildman–Crippen MR) is 150 cm³/mol. The molecule has 0 radical (unpaired) electrons. The quantitative estimate of drug-likeness (QED) is 0.408. The zero-order chi connectivity index (χ0) is 27.8. The van der Waals surface area contributed by atoms with E-state index in [-0.39, 0.29) is 23.1 Å². The minimum absolute atomic E-state index is 0.106. The maximum absolute atomic E-state index is 13.2. The van der Waals surface area contributed by atoms with Gasteiger partial charge < -0.3 is 29.9 Å². The van der Waals surface area contributed by atoms with Crippen LogP contribution in [0, 0.1) is 0 Å². The number of rotatable bonds is 9. The number of para-hydroxylation sites is 3. The first-order chi connectivity index (χ1) is 18.8. The summed E-state index contributed by atoms with van der Waals surface area (Å²) in [6.45, 7) is 3.67. The summed E-state index contributed by atoms with van der Waals surface area (Å²) in [5, 5.41) is 12.6. The van der Waals surface area contributed by atoms with Crippen LogP contribution in [0.4, 0.5) is 11.4 Å². The highest BCUT2D eigenvalue weighted by atomic mass is 16.5. The minimum Gasteiger partial charge on any atom is -0.507 e. The van der Waals surface area contributed by atoms with Gasteiger partial charge in [0.05, 0.1) is 17.9 Å². The second-order valence-electron chi connectivity index (χ2n) is 9.52. The summed E-state index contributed by atoms with van der Waals surface area (Å²) in [4.78, 5) is 43.8. The molecule has 0 saturated carbocycles. The van der Waals surface area contributed by atoms with Crippen molar-refractivity contribution < 1.29 is 24.2 Å². The number of phenols is 1. The van der Waals surface area contributed by atoms with E-state index in [0.29, 0.717) is 42.1 Å². The third-order valence-corrected chi connectivity index (χ3v) is 6.72. The number of ether oxygens (including phenoxy) is 1. The number of nitrogens with one attached hydrogen (secondary N) is 1. The Kier molecular flexibility index (Phi) is 9.17. The van der Waals surface area contributed by atoms with E-state index in [2.05, 4.69) is 17.3 Å². The number of aromatic hydroxyl groups is 1. The van der Waals surface area contributed by atoms with E-state index in [0.717, 1.165) is 26.2 Å². The lowest BCUT2D eigenvalue weighted by Gasteiger charge is -2.32. The van der Waals surface area contributed by atoms with Crippen molar-refractivity contribution in [3.8, 4) is 11.5 Å². The summed E-state index contributed by atoms with van der Waals surface area (Å²) in [7, 11) is 3.73. The van der Waals surface area contributed by atoms with E-state index in [1.165, 1.54) is 17.0 Å². The molecule has 2 N–H and O–H groups in total. The standard InChI is InChI=1S/C30H34N4O5/c1-32-17-19-34(20-18-32)28(36)12-7-21-39-27-11-6-4-9-25(27)33(2)30(38)22-13-15-23(16-14-22)31-29(37)24-8-3-5-10-26(24)35/h3-6,8-11,13-16,35H,7,12,17-21H2,1-2H3,(H,31,37). The van der Waals surface area contributed by atoms with Crippen LogP contribution >= 0.6 is 0 Å². The molecule has 1 aliphatic heterocycles. The number of amides is 3. The minimum atomic E-state index is -0.444. The van der Waals surface area contributed by atoms with Crippen LogP contribution < -0.4 is 15.0 Å². The average molecular weight is 531 g/mol. The Hall–Kier alpha value is -4.37. The summed E-state index contributed by atoms with van der Waals surface area (Å²) in [5.74, 6) is -0.0825. The molecule has 3 aromatic carbocycles. The first-order valence-electron chi connectivity index (χ1n) is 13.0. The molecule has 3 amide bonds. The number of benzene rings is 3. The van der Waals surface area contributed by atoms with Crippen LogP contribution in [0.5, 0.6) is 11.5 Å². The fourth-order valence-electron chi connectivity index (χ4n) is 4.34. The summed E-state index contributed by atoms with van der Waals surface area (Å²) < 4.78 is 5.97. The molecular formula is C30H34N4O5. The van der Waals surface area contributed by atoms with Gasteiger partial charge in [0.2, 0.25) is 5.91 Å². The number of anilines is 2. The Morgan fingerprint density at radius 1 is 0.923 bits per heavy atom. The molecule has 0 aliphatic carbocycles. The van der Waals surface area contributed by atoms with Crippen LogP contribution in [0.15, 0.2) is 72.8 Å². The maximum atomic E-state index is 13.2. The second kappa shape index (κ2) is 12.9. The molecule has 1 fully saturated rings. The van der Waals surface area contributed by atoms with Gasteiger partial charge in [-0.2, -0.15) is 0 Å². The molecule has 9 heteroatoms. The summed E-state index contributed by atoms with van der Waals surface area (Å²) in [6.07, 6.45) is 1.01. The van der Waals surface area contributed by atoms with Gasteiger partial charge in [0.15, 0.2) is 0 Å². The predicted octanol–water partition coefficient (Wildman–Crippen LogP) is 3.85. The molecule has 0 unspecified atom stereocenters. The zero-order valence-corrected chi connectivity index (χ0v) is 22.3. The van der Waals surface area contributed by atoms with Crippen molar-refractivity contribution >= 4 is 29.1 Å². The van der Waals surface area contributed by atoms with E-state index in [1.807, 2.05) is 23.1 Å². The number of nitrogens with zero attached hydrogens (tertiary/aromatic N) is 3. The van der Waals surface area contributed by atoms with E-state index in [1.54, 1.807) is 49.5 Å². The lowest BCUT2D eigenvalue weighted by atomic mass is 10.1. The van der Waals surface area contributed by atoms with E-state index >= 15 is 0 Å². The van der Waals surface area contributed by atoms with Gasteiger partial charge in [-0.3, -0.25) is 14.4 Å². The normalized spacial score (nSPS) is 13.5. The van der Waals surface area contributed by atoms with Crippen molar-refractivity contribution in [3.05, 3.63) is 83.9 Å². The molecular weight excluding hydrogens is 496 g/mol. The number of phenolic OH excluding ortho intramolecular Hbond substituents is 1. The van der Waals surface area contributed by atoms with Crippen LogP contribution in [0.25, 0.3) is 0 Å². The van der Waals surface area contributed by atoms with E-state index < -0.39 is 5.91 Å². The molecule has 39 heavy (non-hydrogen) atoms. The van der Waals surface area contributed by atoms with Crippen molar-refractivity contribution in [2.24, 2.45) is 0 Å². The summed E-state index contributed by atoms with van der Waals surface area (Å²) in [6, 6.07) is 20.1. The fraction of sp³-hybridized carbons (Fsp3) is 0.300. The first-order valence-corrected chi connectivity index (χ1v) is 13.0. The third kappa shape index (κ3) is 7.14. The number of carbonyl (C=O) groups excluding carboxylic acids is 3. The highest BCUT2D eigenvalue weighted by molar-refractivity contribution is 6.08. The lowest BCUT2D eigenvalue weighted by Crippen LogP contribution is -2.47. The molecule has 1 aliphatic rings. The number of hydrogen-bond donors (Lipinski definition) is 2. The van der Waals surface area contributed by atoms with Crippen molar-refractivity contribution in [1.29, 1.82) is 0 Å². The molecule has 1 heterocycles. The monoisotopic (exact) mass is 530 g/mol. The largest absolute Gasteiger partial charge is 0.507 e. The van der Waals surface area contributed by atoms with Crippen LogP contribution in [-0.4, -0.2) is 79.5 Å². The highest BCUT2D eigenvalue weighted by Crippen LogP contribution is 2.29. The summed E-state index contributed by atoms with van der Waals surface area (Å²) >= 11 is 0. The van der Waals surface area contributed by atoms with Gasteiger partial charge in [-0.05, 0) is 62.0 Å². The van der Waals surface area contributed by atoms with Crippen LogP contribution in [0.2, 0.25) is 0 Å². The molecule has 0 aromatic heterocycles. The number of piperazine rings is 1. The Bertz CT molecular complexity index is 1300. The van der Waals surface area contributed by atoms with Crippen molar-refractivity contribution in [3.63, 3.8) is 0 Å². The Morgan fingerprint density at radius 2 is 1.59 bits per heavy atom. The molecule has 4 rings (SSSR count). The molecule has 0 bridgehead atoms. The van der Waals surface area contributed by atoms with Crippen molar-refractivity contribution in [2.45, 2.75) is 12.8 Å². The van der Waals surface area contributed by atoms with Crippen molar-refractivity contribution in [2.75, 3.05) is 57.1 Å². The third-order valence-electron chi connectivity index (χ3n) is 6.72. The van der Waals surface area contributed by atoms with Gasteiger partial charge in [0.1, 0.15) is 11.5 Å². The zero-order valence-electron chi connectivity index (χ0n) is 22.3. The SMILES string of the molecule is CN1CCN(C(=O)CCCOc2ccccc2N(C)C(=O)c2ccc(NC(=O)c3ccccc3O)cc2)CC1. The fourth-order valence-corrected chi connectivity index (χ4v) is 4.34. The number of likely N-dealkylation sites (N-methyl/N-ethyl adjacent to an activating group) is 1. The number of carbonyl (C=O) groups is 3. The summed E-state index contributed by atoms with van der Waals surface area (Å²) in [5.41, 5.74) is 1.71. The van der Waals surface area contributed by atoms with Gasteiger partial charge in [0.25, 0.3) is 11.8 Å². The van der Waals surface area contributed by atoms with Gasteiger partial charge in [-0.25, -0.2) is 0 Å². The van der Waals surface area contributed by atoms with E-state index in [4.69, 9.17) is 4.74 Å². The van der Waals surface area contributed by atoms with Crippen LogP contribution in [0.3, 0.4) is 0 Å². The molecule has 0 spiro atoms. The van der Waals surface area contributed by atoms with Crippen LogP contribution in [-0.2, 0) is 4.79 Å². The number of hydrogen-bond acceptors (Lipinski definition) is 6. The van der Waals surface area contributed by atoms with Gasteiger partial charge >= 0.3 is 0 Å². The molecule has 1 saturated heterocycles. The van der Waals surface area contributed by atoms with Gasteiger partial charge in [-0.1, -0.05) is 24.3 Å². The van der Waals surface area contributed by atoms with Crippen molar-refractivity contribution in [1.82, 2.24) is 9.80 Å². The average Bonchev–Trinajstić information content (AvgIpc) is 2.95. The molecule has 3 aromatic rings. The van der Waals surface area contributed by atoms with E-state index in [9.17, 15) is 19.5 Å². The Labute approximate surface area is 228 Å². The lowest BCUT2D eigenvalue weighted by molar-refractivity contribution is -0.133. The molecule has 204 valence electrons. The smallest absolute Gasteiger partial charge is 0.259 e. The van der Waals surface area contributed by atoms with Crippen LogP contribution in [0.1, 0.15) is 33.6 Å². The van der Waals surface area contributed by atoms with Gasteiger partial charge in [0, 0.05) is 50.9 Å². The molecule has 9 nitrogen and oxygen atoms in total. The molecule has 0 atom stereocenters. The Morgan fingerprint density at radius 3 is 2.31 bits per heavy atom.